The molecular formula is C22H52. The van der Waals surface area contributed by atoms with Crippen molar-refractivity contribution in [2.24, 2.45) is 0 Å². The van der Waals surface area contributed by atoms with Crippen LogP contribution in [0.5, 0.6) is 0 Å². The molecule has 0 aliphatic carbocycles. The third kappa shape index (κ3) is 42.7. The molecule has 0 aromatic rings. The van der Waals surface area contributed by atoms with Crippen LogP contribution in [0, 0.1) is 0 Å². The summed E-state index contributed by atoms with van der Waals surface area (Å²) in [5, 5.41) is 0. The van der Waals surface area contributed by atoms with Gasteiger partial charge in [-0.3, -0.25) is 0 Å². The second-order valence-electron chi connectivity index (χ2n) is 5.24. The van der Waals surface area contributed by atoms with E-state index in [2.05, 4.69) is 13.8 Å². The molecule has 0 bridgehead atoms. The summed E-state index contributed by atoms with van der Waals surface area (Å²) in [5.74, 6) is 0. The Kier molecular flexibility index (Phi) is 58.3. The molecule has 0 radical (unpaired) electrons. The lowest BCUT2D eigenvalue weighted by Crippen LogP contribution is -1.82. The Morgan fingerprint density at radius 2 is 0.409 bits per heavy atom. The minimum Gasteiger partial charge on any atom is -0.0683 e. The van der Waals surface area contributed by atoms with Gasteiger partial charge in [0, 0.05) is 0 Å². The molecule has 0 unspecified atom stereocenters. The van der Waals surface area contributed by atoms with Gasteiger partial charge < -0.3 is 0 Å². The highest BCUT2D eigenvalue weighted by Crippen LogP contribution is 2.12. The Balaban J connectivity index is -0.000000238. The van der Waals surface area contributed by atoms with Crippen molar-refractivity contribution < 1.29 is 0 Å². The van der Waals surface area contributed by atoms with Gasteiger partial charge in [0.15, 0.2) is 0 Å². The zero-order valence-corrected chi connectivity index (χ0v) is 17.9. The smallest absolute Gasteiger partial charge is 0.0533 e. The van der Waals surface area contributed by atoms with Crippen LogP contribution in [0.15, 0.2) is 0 Å². The van der Waals surface area contributed by atoms with Crippen molar-refractivity contribution in [3.63, 3.8) is 0 Å². The predicted molar refractivity (Wildman–Crippen MR) is 110 cm³/mol. The molecule has 0 spiro atoms. The van der Waals surface area contributed by atoms with E-state index in [9.17, 15) is 0 Å². The summed E-state index contributed by atoms with van der Waals surface area (Å²) in [5.41, 5.74) is 0. The lowest BCUT2D eigenvalue weighted by molar-refractivity contribution is 0.538. The first-order valence-electron chi connectivity index (χ1n) is 10.9. The molecular weight excluding hydrogens is 264 g/mol. The van der Waals surface area contributed by atoms with Gasteiger partial charge in [0.05, 0.1) is 0 Å². The van der Waals surface area contributed by atoms with Crippen molar-refractivity contribution in [3.8, 4) is 0 Å². The van der Waals surface area contributed by atoms with E-state index in [0.717, 1.165) is 0 Å². The van der Waals surface area contributed by atoms with Crippen molar-refractivity contribution in [1.29, 1.82) is 0 Å². The van der Waals surface area contributed by atoms with Gasteiger partial charge in [0.2, 0.25) is 0 Å². The van der Waals surface area contributed by atoms with E-state index >= 15 is 0 Å². The molecule has 0 saturated carbocycles. The molecule has 0 aromatic carbocycles. The van der Waals surface area contributed by atoms with E-state index in [1.807, 2.05) is 41.5 Å². The molecule has 0 atom stereocenters. The molecule has 0 aliphatic heterocycles. The molecule has 0 N–H and O–H groups in total. The Labute approximate surface area is 145 Å². The van der Waals surface area contributed by atoms with Gasteiger partial charge in [-0.05, 0) is 0 Å². The number of hydrogen-bond acceptors (Lipinski definition) is 0. The average molecular weight is 317 g/mol. The van der Waals surface area contributed by atoms with Crippen LogP contribution in [0.1, 0.15) is 145 Å². The van der Waals surface area contributed by atoms with E-state index in [4.69, 9.17) is 0 Å². The minimum absolute atomic E-state index is 1.37. The Morgan fingerprint density at radius 3 is 0.545 bits per heavy atom. The van der Waals surface area contributed by atoms with Gasteiger partial charge in [-0.1, -0.05) is 145 Å². The fraction of sp³-hybridized carbons (Fsp3) is 1.00. The summed E-state index contributed by atoms with van der Waals surface area (Å²) in [6, 6.07) is 0. The maximum Gasteiger partial charge on any atom is -0.0533 e. The summed E-state index contributed by atoms with van der Waals surface area (Å²) < 4.78 is 0. The van der Waals surface area contributed by atoms with E-state index in [1.54, 1.807) is 0 Å². The zero-order chi connectivity index (χ0) is 17.9. The largest absolute Gasteiger partial charge is 0.0683 e. The summed E-state index contributed by atoms with van der Waals surface area (Å²) in [6.45, 7) is 16.6. The Hall–Kier alpha value is 0. The standard InChI is InChI=1S/C16H34.3C2H6/c1-3-5-7-9-11-13-15-16-14-12-10-8-6-4-2;3*1-2/h3-16H2,1-2H3;3*1-2H3. The van der Waals surface area contributed by atoms with Crippen LogP contribution >= 0.6 is 0 Å². The number of rotatable bonds is 13. The fourth-order valence-electron chi connectivity index (χ4n) is 2.27. The van der Waals surface area contributed by atoms with Gasteiger partial charge in [-0.25, -0.2) is 0 Å². The Morgan fingerprint density at radius 1 is 0.273 bits per heavy atom. The van der Waals surface area contributed by atoms with Crippen molar-refractivity contribution in [3.05, 3.63) is 0 Å². The first-order chi connectivity index (χ1) is 10.9. The first kappa shape index (κ1) is 29.9. The topological polar surface area (TPSA) is 0 Å². The van der Waals surface area contributed by atoms with Gasteiger partial charge in [0.25, 0.3) is 0 Å². The molecule has 0 aromatic heterocycles. The van der Waals surface area contributed by atoms with Gasteiger partial charge in [-0.15, -0.1) is 0 Å². The molecule has 0 heteroatoms. The third-order valence-corrected chi connectivity index (χ3v) is 3.46. The van der Waals surface area contributed by atoms with Gasteiger partial charge in [-0.2, -0.15) is 0 Å². The summed E-state index contributed by atoms with van der Waals surface area (Å²) in [6.07, 6.45) is 20.4. The van der Waals surface area contributed by atoms with Crippen LogP contribution in [0.25, 0.3) is 0 Å². The molecule has 0 nitrogen and oxygen atoms in total. The monoisotopic (exact) mass is 316 g/mol. The van der Waals surface area contributed by atoms with Crippen LogP contribution in [-0.2, 0) is 0 Å². The van der Waals surface area contributed by atoms with Crippen molar-refractivity contribution >= 4 is 0 Å². The van der Waals surface area contributed by atoms with E-state index in [1.165, 1.54) is 89.9 Å². The molecule has 0 rings (SSSR count). The molecule has 22 heavy (non-hydrogen) atoms. The van der Waals surface area contributed by atoms with E-state index in [0.29, 0.717) is 0 Å². The lowest BCUT2D eigenvalue weighted by atomic mass is 10.0. The molecule has 0 amide bonds. The lowest BCUT2D eigenvalue weighted by Gasteiger charge is -2.02. The quantitative estimate of drug-likeness (QED) is 0.297. The number of hydrogen-bond donors (Lipinski definition) is 0. The van der Waals surface area contributed by atoms with Crippen molar-refractivity contribution in [2.75, 3.05) is 0 Å². The van der Waals surface area contributed by atoms with Gasteiger partial charge >= 0.3 is 0 Å². The molecule has 0 saturated heterocycles. The van der Waals surface area contributed by atoms with Crippen LogP contribution in [0.3, 0.4) is 0 Å². The summed E-state index contributed by atoms with van der Waals surface area (Å²) in [4.78, 5) is 0. The fourth-order valence-corrected chi connectivity index (χ4v) is 2.27. The predicted octanol–water partition coefficient (Wildman–Crippen LogP) is 9.57. The highest BCUT2D eigenvalue weighted by atomic mass is 14.0. The second kappa shape index (κ2) is 42.9. The van der Waals surface area contributed by atoms with Crippen LogP contribution < -0.4 is 0 Å². The molecule has 0 aliphatic rings. The van der Waals surface area contributed by atoms with Crippen LogP contribution in [-0.4, -0.2) is 0 Å². The summed E-state index contributed by atoms with van der Waals surface area (Å²) in [7, 11) is 0. The van der Waals surface area contributed by atoms with Crippen molar-refractivity contribution in [1.82, 2.24) is 0 Å². The maximum atomic E-state index is 2.29. The SMILES string of the molecule is CC.CC.CC.CCCCCCCCCCCCCCCC. The minimum atomic E-state index is 1.37. The van der Waals surface area contributed by atoms with Crippen LogP contribution in [0.4, 0.5) is 0 Å². The van der Waals surface area contributed by atoms with Gasteiger partial charge in [0.1, 0.15) is 0 Å². The van der Waals surface area contributed by atoms with Crippen molar-refractivity contribution in [2.45, 2.75) is 145 Å². The second-order valence-corrected chi connectivity index (χ2v) is 5.24. The Bertz CT molecular complexity index is 92.6. The van der Waals surface area contributed by atoms with E-state index < -0.39 is 0 Å². The molecule has 140 valence electrons. The van der Waals surface area contributed by atoms with Crippen LogP contribution in [0.2, 0.25) is 0 Å². The first-order valence-corrected chi connectivity index (χ1v) is 10.9. The zero-order valence-electron chi connectivity index (χ0n) is 17.9. The number of unbranched alkanes of at least 4 members (excludes halogenated alkanes) is 13. The summed E-state index contributed by atoms with van der Waals surface area (Å²) >= 11 is 0. The third-order valence-electron chi connectivity index (χ3n) is 3.46. The normalized spacial score (nSPS) is 8.73. The van der Waals surface area contributed by atoms with E-state index in [-0.39, 0.29) is 0 Å². The average Bonchev–Trinajstić information content (AvgIpc) is 2.61. The maximum absolute atomic E-state index is 2.29. The highest BCUT2D eigenvalue weighted by Gasteiger charge is 1.92. The molecule has 0 fully saturated rings. The molecule has 0 heterocycles. The highest BCUT2D eigenvalue weighted by molar-refractivity contribution is 4.48.